The Hall–Kier alpha value is -2.22. The van der Waals surface area contributed by atoms with Gasteiger partial charge in [0.2, 0.25) is 11.7 Å². The first kappa shape index (κ1) is 17.2. The lowest BCUT2D eigenvalue weighted by Crippen LogP contribution is -2.48. The van der Waals surface area contributed by atoms with Crippen LogP contribution in [-0.4, -0.2) is 52.0 Å². The number of benzene rings is 1. The van der Waals surface area contributed by atoms with Crippen LogP contribution in [0.15, 0.2) is 46.3 Å². The highest BCUT2D eigenvalue weighted by Crippen LogP contribution is 2.22. The number of carbonyl (C=O) groups is 1. The van der Waals surface area contributed by atoms with E-state index in [4.69, 9.17) is 16.1 Å². The summed E-state index contributed by atoms with van der Waals surface area (Å²) in [5, 5.41) is 6.66. The number of aromatic nitrogens is 2. The lowest BCUT2D eigenvalue weighted by atomic mass is 10.2. The monoisotopic (exact) mass is 388 g/mol. The molecule has 0 aliphatic carbocycles. The predicted octanol–water partition coefficient (Wildman–Crippen LogP) is 3.41. The van der Waals surface area contributed by atoms with Gasteiger partial charge in [-0.2, -0.15) is 4.98 Å². The minimum Gasteiger partial charge on any atom is -0.338 e. The van der Waals surface area contributed by atoms with Gasteiger partial charge in [-0.25, -0.2) is 0 Å². The molecule has 0 unspecified atom stereocenters. The quantitative estimate of drug-likeness (QED) is 0.685. The van der Waals surface area contributed by atoms with Gasteiger partial charge in [0.1, 0.15) is 0 Å². The van der Waals surface area contributed by atoms with Crippen LogP contribution >= 0.6 is 22.9 Å². The highest BCUT2D eigenvalue weighted by molar-refractivity contribution is 7.13. The average Bonchev–Trinajstić information content (AvgIpc) is 3.34. The summed E-state index contributed by atoms with van der Waals surface area (Å²) in [7, 11) is 0. The highest BCUT2D eigenvalue weighted by Gasteiger charge is 2.23. The number of nitrogens with zero attached hydrogens (tertiary/aromatic N) is 4. The number of piperazine rings is 1. The maximum absolute atomic E-state index is 12.5. The Labute approximate surface area is 160 Å². The Morgan fingerprint density at radius 1 is 1.15 bits per heavy atom. The van der Waals surface area contributed by atoms with Gasteiger partial charge in [-0.3, -0.25) is 9.69 Å². The van der Waals surface area contributed by atoms with Crippen molar-refractivity contribution in [3.05, 3.63) is 58.3 Å². The van der Waals surface area contributed by atoms with Gasteiger partial charge in [-0.05, 0) is 35.7 Å². The number of hydrogen-bond acceptors (Lipinski definition) is 6. The fourth-order valence-electron chi connectivity index (χ4n) is 2.90. The Balaban J connectivity index is 1.32. The van der Waals surface area contributed by atoms with Crippen molar-refractivity contribution >= 4 is 28.8 Å². The molecule has 1 aromatic carbocycles. The lowest BCUT2D eigenvalue weighted by molar-refractivity contribution is 0.0615. The first-order valence-corrected chi connectivity index (χ1v) is 9.58. The Kier molecular flexibility index (Phi) is 5.01. The minimum atomic E-state index is 0.0408. The van der Waals surface area contributed by atoms with Gasteiger partial charge < -0.3 is 9.42 Å². The van der Waals surface area contributed by atoms with Gasteiger partial charge in [0.15, 0.2) is 0 Å². The fourth-order valence-corrected chi connectivity index (χ4v) is 3.68. The highest BCUT2D eigenvalue weighted by atomic mass is 35.5. The molecule has 8 heteroatoms. The minimum absolute atomic E-state index is 0.0408. The van der Waals surface area contributed by atoms with Crippen molar-refractivity contribution in [3.63, 3.8) is 0 Å². The molecule has 1 amide bonds. The molecule has 0 atom stereocenters. The largest absolute Gasteiger partial charge is 0.338 e. The van der Waals surface area contributed by atoms with E-state index in [1.54, 1.807) is 35.6 Å². The van der Waals surface area contributed by atoms with E-state index in [2.05, 4.69) is 15.0 Å². The number of halogens is 1. The Bertz CT molecular complexity index is 871. The molecule has 3 aromatic rings. The molecule has 0 spiro atoms. The second-order valence-electron chi connectivity index (χ2n) is 6.06. The van der Waals surface area contributed by atoms with Crippen LogP contribution in [0, 0.1) is 0 Å². The van der Waals surface area contributed by atoms with Crippen molar-refractivity contribution in [2.45, 2.75) is 6.54 Å². The predicted molar refractivity (Wildman–Crippen MR) is 100 cm³/mol. The van der Waals surface area contributed by atoms with E-state index in [0.29, 0.717) is 41.9 Å². The van der Waals surface area contributed by atoms with E-state index >= 15 is 0 Å². The van der Waals surface area contributed by atoms with Gasteiger partial charge in [-0.1, -0.05) is 22.8 Å². The standard InChI is InChI=1S/C18H17ClN4O2S/c19-14-5-3-13(4-6-14)18(24)23-9-7-22(8-10-23)12-16-20-17(21-25-16)15-2-1-11-26-15/h1-6,11H,7-10,12H2. The molecule has 2 aromatic heterocycles. The molecule has 1 fully saturated rings. The van der Waals surface area contributed by atoms with Crippen molar-refractivity contribution < 1.29 is 9.32 Å². The summed E-state index contributed by atoms with van der Waals surface area (Å²) in [5.41, 5.74) is 0.667. The van der Waals surface area contributed by atoms with E-state index in [0.717, 1.165) is 18.0 Å². The molecule has 4 rings (SSSR count). The zero-order valence-corrected chi connectivity index (χ0v) is 15.5. The van der Waals surface area contributed by atoms with Crippen LogP contribution in [0.4, 0.5) is 0 Å². The molecule has 1 saturated heterocycles. The fraction of sp³-hybridized carbons (Fsp3) is 0.278. The molecule has 26 heavy (non-hydrogen) atoms. The van der Waals surface area contributed by atoms with Crippen LogP contribution in [0.5, 0.6) is 0 Å². The van der Waals surface area contributed by atoms with Crippen molar-refractivity contribution in [1.29, 1.82) is 0 Å². The number of hydrogen-bond donors (Lipinski definition) is 0. The van der Waals surface area contributed by atoms with Crippen molar-refractivity contribution in [2.75, 3.05) is 26.2 Å². The summed E-state index contributed by atoms with van der Waals surface area (Å²) in [6, 6.07) is 11.0. The van der Waals surface area contributed by atoms with Crippen LogP contribution in [-0.2, 0) is 6.54 Å². The third kappa shape index (κ3) is 3.80. The number of rotatable bonds is 4. The molecule has 0 bridgehead atoms. The lowest BCUT2D eigenvalue weighted by Gasteiger charge is -2.34. The summed E-state index contributed by atoms with van der Waals surface area (Å²) < 4.78 is 5.36. The number of carbonyl (C=O) groups excluding carboxylic acids is 1. The summed E-state index contributed by atoms with van der Waals surface area (Å²) >= 11 is 7.47. The summed E-state index contributed by atoms with van der Waals surface area (Å²) in [6.07, 6.45) is 0. The molecular formula is C18H17ClN4O2S. The molecule has 1 aliphatic heterocycles. The van der Waals surface area contributed by atoms with Crippen LogP contribution in [0.2, 0.25) is 5.02 Å². The van der Waals surface area contributed by atoms with E-state index in [1.165, 1.54) is 0 Å². The Morgan fingerprint density at radius 2 is 1.92 bits per heavy atom. The number of thiophene rings is 1. The van der Waals surface area contributed by atoms with E-state index in [9.17, 15) is 4.79 Å². The van der Waals surface area contributed by atoms with Crippen LogP contribution < -0.4 is 0 Å². The van der Waals surface area contributed by atoms with Crippen molar-refractivity contribution in [3.8, 4) is 10.7 Å². The van der Waals surface area contributed by atoms with E-state index < -0.39 is 0 Å². The maximum Gasteiger partial charge on any atom is 0.253 e. The van der Waals surface area contributed by atoms with Crippen LogP contribution in [0.3, 0.4) is 0 Å². The Morgan fingerprint density at radius 3 is 2.62 bits per heavy atom. The topological polar surface area (TPSA) is 62.5 Å². The van der Waals surface area contributed by atoms with Crippen LogP contribution in [0.1, 0.15) is 16.2 Å². The average molecular weight is 389 g/mol. The van der Waals surface area contributed by atoms with Gasteiger partial charge in [0.05, 0.1) is 11.4 Å². The molecule has 0 radical (unpaired) electrons. The van der Waals surface area contributed by atoms with Crippen molar-refractivity contribution in [2.24, 2.45) is 0 Å². The summed E-state index contributed by atoms with van der Waals surface area (Å²) in [6.45, 7) is 3.49. The smallest absolute Gasteiger partial charge is 0.253 e. The van der Waals surface area contributed by atoms with Crippen LogP contribution in [0.25, 0.3) is 10.7 Å². The first-order chi connectivity index (χ1) is 12.7. The molecule has 3 heterocycles. The third-order valence-corrected chi connectivity index (χ3v) is 5.44. The first-order valence-electron chi connectivity index (χ1n) is 8.33. The third-order valence-electron chi connectivity index (χ3n) is 4.32. The normalized spacial score (nSPS) is 15.3. The van der Waals surface area contributed by atoms with Gasteiger partial charge >= 0.3 is 0 Å². The van der Waals surface area contributed by atoms with Gasteiger partial charge in [-0.15, -0.1) is 11.3 Å². The molecule has 0 saturated carbocycles. The van der Waals surface area contributed by atoms with Gasteiger partial charge in [0, 0.05) is 36.8 Å². The second-order valence-corrected chi connectivity index (χ2v) is 7.45. The SMILES string of the molecule is O=C(c1ccc(Cl)cc1)N1CCN(Cc2nc(-c3cccs3)no2)CC1. The zero-order chi connectivity index (χ0) is 17.9. The van der Waals surface area contributed by atoms with Crippen molar-refractivity contribution in [1.82, 2.24) is 19.9 Å². The molecule has 0 N–H and O–H groups in total. The molecular weight excluding hydrogens is 372 g/mol. The van der Waals surface area contributed by atoms with E-state index in [1.807, 2.05) is 22.4 Å². The van der Waals surface area contributed by atoms with Gasteiger partial charge in [0.25, 0.3) is 5.91 Å². The summed E-state index contributed by atoms with van der Waals surface area (Å²) in [4.78, 5) is 22.1. The molecule has 134 valence electrons. The molecule has 6 nitrogen and oxygen atoms in total. The summed E-state index contributed by atoms with van der Waals surface area (Å²) in [5.74, 6) is 1.27. The maximum atomic E-state index is 12.5. The zero-order valence-electron chi connectivity index (χ0n) is 14.0. The number of amides is 1. The second kappa shape index (κ2) is 7.57. The molecule has 1 aliphatic rings. The van der Waals surface area contributed by atoms with E-state index in [-0.39, 0.29) is 5.91 Å².